The molecule has 202 valence electrons. The van der Waals surface area contributed by atoms with Crippen LogP contribution in [0.25, 0.3) is 10.9 Å². The molecule has 0 saturated carbocycles. The Bertz CT molecular complexity index is 1200. The summed E-state index contributed by atoms with van der Waals surface area (Å²) in [7, 11) is 0. The lowest BCUT2D eigenvalue weighted by Crippen LogP contribution is -2.51. The third kappa shape index (κ3) is 8.72. The van der Waals surface area contributed by atoms with Gasteiger partial charge in [-0.25, -0.2) is 0 Å². The van der Waals surface area contributed by atoms with Gasteiger partial charge in [0.15, 0.2) is 5.78 Å². The lowest BCUT2D eigenvalue weighted by molar-refractivity contribution is -0.135. The molecule has 0 aliphatic heterocycles. The van der Waals surface area contributed by atoms with E-state index in [0.717, 1.165) is 22.0 Å². The van der Waals surface area contributed by atoms with Gasteiger partial charge >= 0.3 is 0 Å². The highest BCUT2D eigenvalue weighted by Gasteiger charge is 2.26. The lowest BCUT2D eigenvalue weighted by Gasteiger charge is -2.24. The number of aromatic nitrogens is 1. The SMILES string of the molecule is NCCN(CCN)C(=O)C[C@H](N)C(=O)N[C@@H](CCc1ccccc1)C(=O)CCc1ccc2ncccc2c1. The van der Waals surface area contributed by atoms with Crippen molar-refractivity contribution in [1.82, 2.24) is 15.2 Å². The molecule has 2 aromatic carbocycles. The van der Waals surface area contributed by atoms with Crippen LogP contribution in [0.1, 0.15) is 30.4 Å². The van der Waals surface area contributed by atoms with Crippen molar-refractivity contribution in [2.45, 2.75) is 44.2 Å². The number of amides is 2. The van der Waals surface area contributed by atoms with E-state index in [9.17, 15) is 14.4 Å². The van der Waals surface area contributed by atoms with Gasteiger partial charge in [0.25, 0.3) is 0 Å². The Labute approximate surface area is 223 Å². The zero-order chi connectivity index (χ0) is 27.3. The summed E-state index contributed by atoms with van der Waals surface area (Å²) in [5.74, 6) is -0.893. The van der Waals surface area contributed by atoms with Crippen molar-refractivity contribution < 1.29 is 14.4 Å². The van der Waals surface area contributed by atoms with E-state index in [1.54, 1.807) is 6.20 Å². The molecule has 0 fully saturated rings. The number of nitrogens with two attached hydrogens (primary N) is 3. The summed E-state index contributed by atoms with van der Waals surface area (Å²) >= 11 is 0. The van der Waals surface area contributed by atoms with Crippen LogP contribution >= 0.6 is 0 Å². The van der Waals surface area contributed by atoms with Crippen LogP contribution in [0.5, 0.6) is 0 Å². The van der Waals surface area contributed by atoms with Gasteiger partial charge in [0.05, 0.1) is 24.0 Å². The van der Waals surface area contributed by atoms with E-state index in [-0.39, 0.29) is 37.6 Å². The summed E-state index contributed by atoms with van der Waals surface area (Å²) in [6.45, 7) is 1.26. The van der Waals surface area contributed by atoms with Crippen LogP contribution in [0.3, 0.4) is 0 Å². The molecule has 9 heteroatoms. The largest absolute Gasteiger partial charge is 0.345 e. The number of rotatable bonds is 15. The highest BCUT2D eigenvalue weighted by molar-refractivity contribution is 5.93. The van der Waals surface area contributed by atoms with Gasteiger partial charge in [-0.2, -0.15) is 0 Å². The number of hydrogen-bond donors (Lipinski definition) is 4. The Morgan fingerprint density at radius 1 is 0.895 bits per heavy atom. The summed E-state index contributed by atoms with van der Waals surface area (Å²) in [5, 5.41) is 3.83. The Hall–Kier alpha value is -3.66. The monoisotopic (exact) mass is 518 g/mol. The van der Waals surface area contributed by atoms with E-state index in [1.165, 1.54) is 4.90 Å². The molecule has 3 aromatic rings. The second-order valence-electron chi connectivity index (χ2n) is 9.35. The van der Waals surface area contributed by atoms with Crippen molar-refractivity contribution in [3.05, 3.63) is 78.0 Å². The summed E-state index contributed by atoms with van der Waals surface area (Å²) in [6, 6.07) is 17.8. The fraction of sp³-hybridized carbons (Fsp3) is 0.379. The van der Waals surface area contributed by atoms with Gasteiger partial charge in [0, 0.05) is 44.2 Å². The second-order valence-corrected chi connectivity index (χ2v) is 9.35. The molecule has 0 saturated heterocycles. The number of carbonyl (C=O) groups excluding carboxylic acids is 3. The maximum Gasteiger partial charge on any atom is 0.238 e. The van der Waals surface area contributed by atoms with Crippen LogP contribution in [-0.2, 0) is 27.2 Å². The Kier molecular flexibility index (Phi) is 11.4. The normalized spacial score (nSPS) is 12.6. The topological polar surface area (TPSA) is 157 Å². The molecule has 0 bridgehead atoms. The molecule has 0 spiro atoms. The summed E-state index contributed by atoms with van der Waals surface area (Å²) in [4.78, 5) is 44.7. The molecule has 9 nitrogen and oxygen atoms in total. The minimum Gasteiger partial charge on any atom is -0.345 e. The summed E-state index contributed by atoms with van der Waals surface area (Å²) in [6.07, 6.45) is 3.42. The van der Waals surface area contributed by atoms with Crippen LogP contribution < -0.4 is 22.5 Å². The second kappa shape index (κ2) is 14.9. The number of aryl methyl sites for hydroxylation is 2. The summed E-state index contributed by atoms with van der Waals surface area (Å²) in [5.41, 5.74) is 20.2. The summed E-state index contributed by atoms with van der Waals surface area (Å²) < 4.78 is 0. The number of carbonyl (C=O) groups is 3. The van der Waals surface area contributed by atoms with E-state index in [0.29, 0.717) is 32.4 Å². The van der Waals surface area contributed by atoms with Crippen LogP contribution in [0.2, 0.25) is 0 Å². The van der Waals surface area contributed by atoms with Gasteiger partial charge in [-0.05, 0) is 48.6 Å². The van der Waals surface area contributed by atoms with E-state index in [1.807, 2.05) is 60.7 Å². The number of fused-ring (bicyclic) bond motifs is 1. The molecular weight excluding hydrogens is 480 g/mol. The standard InChI is InChI=1S/C29H38N6O3/c30-14-17-35(18-15-31)28(37)20-24(32)29(38)34-26(12-8-21-5-2-1-3-6-21)27(36)13-10-22-9-11-25-23(19-22)7-4-16-33-25/h1-7,9,11,16,19,24,26H,8,10,12-15,17-18,20,30-32H2,(H,34,38)/t24-,26-/m0/s1. The number of pyridine rings is 1. The van der Waals surface area contributed by atoms with Gasteiger partial charge in [-0.15, -0.1) is 0 Å². The molecule has 2 atom stereocenters. The molecule has 0 unspecified atom stereocenters. The Balaban J connectivity index is 1.64. The highest BCUT2D eigenvalue weighted by atomic mass is 16.2. The van der Waals surface area contributed by atoms with Crippen LogP contribution in [0.4, 0.5) is 0 Å². The number of hydrogen-bond acceptors (Lipinski definition) is 7. The average molecular weight is 519 g/mol. The molecule has 3 rings (SSSR count). The Morgan fingerprint density at radius 3 is 2.34 bits per heavy atom. The van der Waals surface area contributed by atoms with Crippen LogP contribution in [0, 0.1) is 0 Å². The lowest BCUT2D eigenvalue weighted by atomic mass is 9.97. The molecule has 2 amide bonds. The number of nitrogens with one attached hydrogen (secondary N) is 1. The molecule has 0 aliphatic rings. The van der Waals surface area contributed by atoms with E-state index in [2.05, 4.69) is 10.3 Å². The predicted molar refractivity (Wildman–Crippen MR) is 149 cm³/mol. The third-order valence-electron chi connectivity index (χ3n) is 6.48. The number of benzene rings is 2. The molecule has 0 aliphatic carbocycles. The number of ketones is 1. The third-order valence-corrected chi connectivity index (χ3v) is 6.48. The van der Waals surface area contributed by atoms with Crippen molar-refractivity contribution in [1.29, 1.82) is 0 Å². The molecular formula is C29H38N6O3. The van der Waals surface area contributed by atoms with Crippen molar-refractivity contribution in [2.24, 2.45) is 17.2 Å². The van der Waals surface area contributed by atoms with E-state index < -0.39 is 18.0 Å². The minimum absolute atomic E-state index is 0.0769. The van der Waals surface area contributed by atoms with Gasteiger partial charge in [-0.3, -0.25) is 19.4 Å². The van der Waals surface area contributed by atoms with E-state index >= 15 is 0 Å². The molecule has 1 aromatic heterocycles. The van der Waals surface area contributed by atoms with Crippen molar-refractivity contribution in [3.8, 4) is 0 Å². The first-order valence-electron chi connectivity index (χ1n) is 13.1. The van der Waals surface area contributed by atoms with Crippen molar-refractivity contribution in [3.63, 3.8) is 0 Å². The maximum absolute atomic E-state index is 13.3. The van der Waals surface area contributed by atoms with Crippen LogP contribution in [0.15, 0.2) is 66.9 Å². The smallest absolute Gasteiger partial charge is 0.238 e. The molecule has 0 radical (unpaired) electrons. The quantitative estimate of drug-likeness (QED) is 0.236. The highest BCUT2D eigenvalue weighted by Crippen LogP contribution is 2.16. The van der Waals surface area contributed by atoms with E-state index in [4.69, 9.17) is 17.2 Å². The molecule has 7 N–H and O–H groups in total. The minimum atomic E-state index is -1.08. The van der Waals surface area contributed by atoms with Gasteiger partial charge in [0.2, 0.25) is 11.8 Å². The molecule has 1 heterocycles. The van der Waals surface area contributed by atoms with Gasteiger partial charge < -0.3 is 27.4 Å². The van der Waals surface area contributed by atoms with Gasteiger partial charge in [-0.1, -0.05) is 42.5 Å². The fourth-order valence-corrected chi connectivity index (χ4v) is 4.35. The first kappa shape index (κ1) is 28.9. The average Bonchev–Trinajstić information content (AvgIpc) is 2.94. The zero-order valence-electron chi connectivity index (χ0n) is 21.7. The number of Topliss-reactive ketones (excluding diaryl/α,β-unsaturated/α-hetero) is 1. The predicted octanol–water partition coefficient (Wildman–Crippen LogP) is 1.32. The maximum atomic E-state index is 13.3. The Morgan fingerprint density at radius 2 is 1.63 bits per heavy atom. The van der Waals surface area contributed by atoms with Crippen LogP contribution in [-0.4, -0.2) is 65.7 Å². The van der Waals surface area contributed by atoms with Crippen molar-refractivity contribution in [2.75, 3.05) is 26.2 Å². The van der Waals surface area contributed by atoms with Gasteiger partial charge in [0.1, 0.15) is 0 Å². The first-order valence-corrected chi connectivity index (χ1v) is 13.1. The fourth-order valence-electron chi connectivity index (χ4n) is 4.35. The zero-order valence-corrected chi connectivity index (χ0v) is 21.7. The van der Waals surface area contributed by atoms with Crippen molar-refractivity contribution >= 4 is 28.5 Å². The number of nitrogens with zero attached hydrogens (tertiary/aromatic N) is 2. The first-order chi connectivity index (χ1) is 18.4. The molecule has 38 heavy (non-hydrogen) atoms.